The maximum Gasteiger partial charge on any atom is 0.119 e. The van der Waals surface area contributed by atoms with Gasteiger partial charge in [-0.25, -0.2) is 0 Å². The summed E-state index contributed by atoms with van der Waals surface area (Å²) in [5.41, 5.74) is 8.23. The van der Waals surface area contributed by atoms with Crippen LogP contribution in [-0.2, 0) is 13.0 Å². The van der Waals surface area contributed by atoms with Gasteiger partial charge in [-0.1, -0.05) is 0 Å². The molecule has 0 amide bonds. The Labute approximate surface area is 102 Å². The van der Waals surface area contributed by atoms with E-state index in [1.165, 1.54) is 16.5 Å². The minimum Gasteiger partial charge on any atom is -0.497 e. The number of nitrogens with two attached hydrogens (primary N) is 1. The topological polar surface area (TPSA) is 40.2 Å². The predicted molar refractivity (Wildman–Crippen MR) is 71.5 cm³/mol. The standard InChI is InChI=1S/C14H20N2O/c1-3-16-10-11(5-4-8-15)13-9-12(17-2)6-7-14(13)16/h6-7,9-10H,3-5,8,15H2,1-2H3. The maximum atomic E-state index is 5.58. The van der Waals surface area contributed by atoms with Crippen molar-refractivity contribution in [3.05, 3.63) is 30.0 Å². The zero-order valence-corrected chi connectivity index (χ0v) is 10.6. The van der Waals surface area contributed by atoms with Gasteiger partial charge in [0, 0.05) is 23.6 Å². The summed E-state index contributed by atoms with van der Waals surface area (Å²) in [5, 5.41) is 1.29. The summed E-state index contributed by atoms with van der Waals surface area (Å²) < 4.78 is 7.57. The van der Waals surface area contributed by atoms with E-state index in [1.54, 1.807) is 7.11 Å². The van der Waals surface area contributed by atoms with Crippen LogP contribution in [-0.4, -0.2) is 18.2 Å². The number of aromatic nitrogens is 1. The van der Waals surface area contributed by atoms with Crippen LogP contribution >= 0.6 is 0 Å². The Hall–Kier alpha value is -1.48. The van der Waals surface area contributed by atoms with Crippen molar-refractivity contribution >= 4 is 10.9 Å². The van der Waals surface area contributed by atoms with E-state index in [2.05, 4.69) is 29.8 Å². The average molecular weight is 232 g/mol. The molecule has 1 aromatic carbocycles. The van der Waals surface area contributed by atoms with Crippen molar-refractivity contribution in [1.82, 2.24) is 4.57 Å². The van der Waals surface area contributed by atoms with E-state index in [-0.39, 0.29) is 0 Å². The lowest BCUT2D eigenvalue weighted by molar-refractivity contribution is 0.415. The van der Waals surface area contributed by atoms with E-state index in [0.717, 1.165) is 31.7 Å². The summed E-state index contributed by atoms with van der Waals surface area (Å²) in [6.45, 7) is 3.89. The first-order valence-electron chi connectivity index (χ1n) is 6.16. The van der Waals surface area contributed by atoms with Crippen LogP contribution < -0.4 is 10.5 Å². The van der Waals surface area contributed by atoms with Crippen LogP contribution in [0.25, 0.3) is 10.9 Å². The third-order valence-electron chi connectivity index (χ3n) is 3.16. The van der Waals surface area contributed by atoms with Gasteiger partial charge in [0.15, 0.2) is 0 Å². The smallest absolute Gasteiger partial charge is 0.119 e. The van der Waals surface area contributed by atoms with E-state index >= 15 is 0 Å². The molecular weight excluding hydrogens is 212 g/mol. The van der Waals surface area contributed by atoms with E-state index in [9.17, 15) is 0 Å². The Morgan fingerprint density at radius 2 is 2.18 bits per heavy atom. The first-order valence-corrected chi connectivity index (χ1v) is 6.16. The fraction of sp³-hybridized carbons (Fsp3) is 0.429. The molecule has 0 fully saturated rings. The van der Waals surface area contributed by atoms with Gasteiger partial charge < -0.3 is 15.0 Å². The SMILES string of the molecule is CCn1cc(CCCN)c2cc(OC)ccc21. The largest absolute Gasteiger partial charge is 0.497 e. The number of hydrogen-bond acceptors (Lipinski definition) is 2. The molecule has 2 aromatic rings. The summed E-state index contributed by atoms with van der Waals surface area (Å²) in [4.78, 5) is 0. The first kappa shape index (κ1) is 12.0. The molecule has 0 spiro atoms. The Morgan fingerprint density at radius 3 is 2.82 bits per heavy atom. The lowest BCUT2D eigenvalue weighted by Gasteiger charge is -2.02. The van der Waals surface area contributed by atoms with Crippen molar-refractivity contribution < 1.29 is 4.74 Å². The Morgan fingerprint density at radius 1 is 1.35 bits per heavy atom. The van der Waals surface area contributed by atoms with Crippen molar-refractivity contribution in [3.63, 3.8) is 0 Å². The van der Waals surface area contributed by atoms with Gasteiger partial charge in [0.1, 0.15) is 5.75 Å². The van der Waals surface area contributed by atoms with Gasteiger partial charge in [-0.3, -0.25) is 0 Å². The molecule has 0 radical (unpaired) electrons. The number of hydrogen-bond donors (Lipinski definition) is 1. The van der Waals surface area contributed by atoms with E-state index in [0.29, 0.717) is 0 Å². The third kappa shape index (κ3) is 2.29. The Balaban J connectivity index is 2.49. The molecule has 0 aliphatic carbocycles. The average Bonchev–Trinajstić information content (AvgIpc) is 2.73. The van der Waals surface area contributed by atoms with E-state index in [4.69, 9.17) is 10.5 Å². The van der Waals surface area contributed by atoms with E-state index < -0.39 is 0 Å². The molecule has 0 aliphatic rings. The highest BCUT2D eigenvalue weighted by Crippen LogP contribution is 2.26. The zero-order valence-electron chi connectivity index (χ0n) is 10.6. The second-order valence-corrected chi connectivity index (χ2v) is 4.22. The second-order valence-electron chi connectivity index (χ2n) is 4.22. The maximum absolute atomic E-state index is 5.58. The van der Waals surface area contributed by atoms with Gasteiger partial charge in [-0.05, 0) is 50.1 Å². The fourth-order valence-electron chi connectivity index (χ4n) is 2.23. The summed E-state index contributed by atoms with van der Waals surface area (Å²) in [6.07, 6.45) is 4.30. The minimum absolute atomic E-state index is 0.739. The molecule has 0 aliphatic heterocycles. The monoisotopic (exact) mass is 232 g/mol. The number of ether oxygens (including phenoxy) is 1. The van der Waals surface area contributed by atoms with Gasteiger partial charge in [-0.2, -0.15) is 0 Å². The second kappa shape index (κ2) is 5.23. The van der Waals surface area contributed by atoms with Crippen molar-refractivity contribution in [2.45, 2.75) is 26.3 Å². The normalized spacial score (nSPS) is 11.0. The number of methoxy groups -OCH3 is 1. The van der Waals surface area contributed by atoms with Gasteiger partial charge in [0.2, 0.25) is 0 Å². The molecule has 0 saturated heterocycles. The fourth-order valence-corrected chi connectivity index (χ4v) is 2.23. The summed E-state index contributed by atoms with van der Waals surface area (Å²) in [5.74, 6) is 0.917. The summed E-state index contributed by atoms with van der Waals surface area (Å²) in [6, 6.07) is 6.26. The lowest BCUT2D eigenvalue weighted by atomic mass is 10.1. The number of benzene rings is 1. The predicted octanol–water partition coefficient (Wildman–Crippen LogP) is 2.56. The van der Waals surface area contributed by atoms with Gasteiger partial charge in [0.05, 0.1) is 7.11 Å². The van der Waals surface area contributed by atoms with Gasteiger partial charge >= 0.3 is 0 Å². The van der Waals surface area contributed by atoms with Crippen LogP contribution in [0.2, 0.25) is 0 Å². The molecule has 1 heterocycles. The van der Waals surface area contributed by atoms with E-state index in [1.807, 2.05) is 6.07 Å². The highest BCUT2D eigenvalue weighted by Gasteiger charge is 2.08. The van der Waals surface area contributed by atoms with Crippen LogP contribution in [0.4, 0.5) is 0 Å². The number of aryl methyl sites for hydroxylation is 2. The molecule has 92 valence electrons. The molecule has 0 bridgehead atoms. The highest BCUT2D eigenvalue weighted by atomic mass is 16.5. The molecule has 1 aromatic heterocycles. The van der Waals surface area contributed by atoms with Crippen molar-refractivity contribution in [2.75, 3.05) is 13.7 Å². The quantitative estimate of drug-likeness (QED) is 0.860. The van der Waals surface area contributed by atoms with Crippen molar-refractivity contribution in [3.8, 4) is 5.75 Å². The number of nitrogens with zero attached hydrogens (tertiary/aromatic N) is 1. The molecule has 17 heavy (non-hydrogen) atoms. The molecule has 2 N–H and O–H groups in total. The van der Waals surface area contributed by atoms with Crippen molar-refractivity contribution in [2.24, 2.45) is 5.73 Å². The summed E-state index contributed by atoms with van der Waals surface area (Å²) in [7, 11) is 1.71. The molecule has 0 saturated carbocycles. The molecule has 2 rings (SSSR count). The minimum atomic E-state index is 0.739. The molecule has 3 heteroatoms. The van der Waals surface area contributed by atoms with Crippen LogP contribution in [0.1, 0.15) is 18.9 Å². The zero-order chi connectivity index (χ0) is 12.3. The highest BCUT2D eigenvalue weighted by molar-refractivity contribution is 5.85. The first-order chi connectivity index (χ1) is 8.30. The molecule has 0 atom stereocenters. The number of fused-ring (bicyclic) bond motifs is 1. The molecular formula is C14H20N2O. The molecule has 0 unspecified atom stereocenters. The van der Waals surface area contributed by atoms with Gasteiger partial charge in [0.25, 0.3) is 0 Å². The molecule has 3 nitrogen and oxygen atoms in total. The van der Waals surface area contributed by atoms with Crippen LogP contribution in [0.15, 0.2) is 24.4 Å². The summed E-state index contributed by atoms with van der Waals surface area (Å²) >= 11 is 0. The van der Waals surface area contributed by atoms with Gasteiger partial charge in [-0.15, -0.1) is 0 Å². The van der Waals surface area contributed by atoms with Crippen LogP contribution in [0.3, 0.4) is 0 Å². The third-order valence-corrected chi connectivity index (χ3v) is 3.16. The Bertz CT molecular complexity index is 502. The van der Waals surface area contributed by atoms with Crippen molar-refractivity contribution in [1.29, 1.82) is 0 Å². The Kier molecular flexibility index (Phi) is 3.69. The van der Waals surface area contributed by atoms with Crippen LogP contribution in [0, 0.1) is 0 Å². The number of rotatable bonds is 5. The lowest BCUT2D eigenvalue weighted by Crippen LogP contribution is -2.00. The van der Waals surface area contributed by atoms with Crippen LogP contribution in [0.5, 0.6) is 5.75 Å².